The van der Waals surface area contributed by atoms with Gasteiger partial charge in [0.05, 0.1) is 24.1 Å². The first-order valence-electron chi connectivity index (χ1n) is 8.16. The summed E-state index contributed by atoms with van der Waals surface area (Å²) in [5, 5.41) is 11.3. The summed E-state index contributed by atoms with van der Waals surface area (Å²) in [7, 11) is 0. The Hall–Kier alpha value is -3.08. The van der Waals surface area contributed by atoms with E-state index >= 15 is 0 Å². The van der Waals surface area contributed by atoms with E-state index in [0.717, 1.165) is 5.56 Å². The molecule has 0 saturated heterocycles. The average Bonchev–Trinajstić information content (AvgIpc) is 2.62. The lowest BCUT2D eigenvalue weighted by Gasteiger charge is -2.18. The number of hydrogen-bond donors (Lipinski definition) is 2. The van der Waals surface area contributed by atoms with Crippen LogP contribution < -0.4 is 5.56 Å². The number of hydrogen-bond acceptors (Lipinski definition) is 4. The van der Waals surface area contributed by atoms with Gasteiger partial charge < -0.3 is 14.8 Å². The number of pyridine rings is 1. The molecule has 2 aromatic carbocycles. The van der Waals surface area contributed by atoms with E-state index in [0.29, 0.717) is 10.9 Å². The number of carbonyl (C=O) groups is 1. The molecule has 0 aliphatic rings. The van der Waals surface area contributed by atoms with E-state index < -0.39 is 17.4 Å². The fourth-order valence-corrected chi connectivity index (χ4v) is 3.02. The second-order valence-corrected chi connectivity index (χ2v) is 5.73. The first-order chi connectivity index (χ1) is 12.1. The maximum absolute atomic E-state index is 12.6. The van der Waals surface area contributed by atoms with Gasteiger partial charge in [0.1, 0.15) is 5.75 Å². The maximum atomic E-state index is 12.6. The van der Waals surface area contributed by atoms with E-state index in [9.17, 15) is 14.7 Å². The monoisotopic (exact) mass is 337 g/mol. The SMILES string of the molecule is CCOC(=O)C[C@H](c1ccccc1)c1c(O)c2ccccc2[nH]c1=O. The molecule has 5 nitrogen and oxygen atoms in total. The van der Waals surface area contributed by atoms with Gasteiger partial charge in [0.2, 0.25) is 0 Å². The first kappa shape index (κ1) is 16.8. The van der Waals surface area contributed by atoms with Crippen LogP contribution in [-0.2, 0) is 9.53 Å². The van der Waals surface area contributed by atoms with Crippen molar-refractivity contribution >= 4 is 16.9 Å². The lowest BCUT2D eigenvalue weighted by Crippen LogP contribution is -2.20. The highest BCUT2D eigenvalue weighted by atomic mass is 16.5. The molecule has 25 heavy (non-hydrogen) atoms. The lowest BCUT2D eigenvalue weighted by atomic mass is 9.88. The molecule has 0 bridgehead atoms. The molecule has 0 aliphatic carbocycles. The van der Waals surface area contributed by atoms with Gasteiger partial charge in [-0.1, -0.05) is 42.5 Å². The van der Waals surface area contributed by atoms with Crippen molar-refractivity contribution in [2.75, 3.05) is 6.61 Å². The highest BCUT2D eigenvalue weighted by molar-refractivity contribution is 5.86. The third-order valence-electron chi connectivity index (χ3n) is 4.16. The van der Waals surface area contributed by atoms with E-state index in [4.69, 9.17) is 4.74 Å². The molecule has 128 valence electrons. The Morgan fingerprint density at radius 3 is 2.52 bits per heavy atom. The number of rotatable bonds is 5. The number of esters is 1. The van der Waals surface area contributed by atoms with E-state index in [-0.39, 0.29) is 24.3 Å². The second-order valence-electron chi connectivity index (χ2n) is 5.73. The summed E-state index contributed by atoms with van der Waals surface area (Å²) in [5.74, 6) is -1.10. The van der Waals surface area contributed by atoms with Gasteiger partial charge in [-0.2, -0.15) is 0 Å². The van der Waals surface area contributed by atoms with Crippen LogP contribution in [0.3, 0.4) is 0 Å². The Morgan fingerprint density at radius 2 is 1.80 bits per heavy atom. The molecule has 0 unspecified atom stereocenters. The molecule has 0 aliphatic heterocycles. The summed E-state index contributed by atoms with van der Waals surface area (Å²) in [6.45, 7) is 2.00. The number of aromatic hydroxyl groups is 1. The molecule has 1 heterocycles. The molecule has 0 radical (unpaired) electrons. The van der Waals surface area contributed by atoms with Gasteiger partial charge in [0, 0.05) is 11.3 Å². The van der Waals surface area contributed by atoms with Crippen molar-refractivity contribution in [3.63, 3.8) is 0 Å². The molecule has 0 fully saturated rings. The van der Waals surface area contributed by atoms with Crippen molar-refractivity contribution in [2.24, 2.45) is 0 Å². The number of fused-ring (bicyclic) bond motifs is 1. The van der Waals surface area contributed by atoms with Gasteiger partial charge in [0.15, 0.2) is 0 Å². The van der Waals surface area contributed by atoms with Gasteiger partial charge in [-0.25, -0.2) is 0 Å². The average molecular weight is 337 g/mol. The molecule has 2 N–H and O–H groups in total. The standard InChI is InChI=1S/C20H19NO4/c1-2-25-17(22)12-15(13-8-4-3-5-9-13)18-19(23)14-10-6-7-11-16(14)21-20(18)24/h3-11,15H,2,12H2,1H3,(H2,21,23,24)/t15-/m1/s1. The summed E-state index contributed by atoms with van der Waals surface area (Å²) < 4.78 is 5.05. The Morgan fingerprint density at radius 1 is 1.12 bits per heavy atom. The van der Waals surface area contributed by atoms with Crippen LogP contribution in [-0.4, -0.2) is 22.7 Å². The van der Waals surface area contributed by atoms with Crippen molar-refractivity contribution in [1.82, 2.24) is 4.98 Å². The molecular formula is C20H19NO4. The normalized spacial score (nSPS) is 12.0. The summed E-state index contributed by atoms with van der Waals surface area (Å²) >= 11 is 0. The molecule has 1 atom stereocenters. The highest BCUT2D eigenvalue weighted by Crippen LogP contribution is 2.35. The number of aromatic nitrogens is 1. The molecular weight excluding hydrogens is 318 g/mol. The van der Waals surface area contributed by atoms with Gasteiger partial charge in [-0.3, -0.25) is 9.59 Å². The zero-order valence-corrected chi connectivity index (χ0v) is 13.9. The molecule has 0 amide bonds. The predicted molar refractivity (Wildman–Crippen MR) is 95.8 cm³/mol. The number of aromatic amines is 1. The van der Waals surface area contributed by atoms with E-state index in [1.54, 1.807) is 31.2 Å². The van der Waals surface area contributed by atoms with Crippen molar-refractivity contribution in [3.05, 3.63) is 76.1 Å². The van der Waals surface area contributed by atoms with E-state index in [1.807, 2.05) is 30.3 Å². The topological polar surface area (TPSA) is 79.4 Å². The van der Waals surface area contributed by atoms with Crippen LogP contribution in [0, 0.1) is 0 Å². The number of para-hydroxylation sites is 1. The Labute approximate surface area is 144 Å². The number of H-pyrrole nitrogens is 1. The number of ether oxygens (including phenoxy) is 1. The van der Waals surface area contributed by atoms with Crippen molar-refractivity contribution in [1.29, 1.82) is 0 Å². The third kappa shape index (κ3) is 3.40. The molecule has 1 aromatic heterocycles. The van der Waals surface area contributed by atoms with Gasteiger partial charge >= 0.3 is 5.97 Å². The molecule has 3 rings (SSSR count). The minimum absolute atomic E-state index is 0.0210. The van der Waals surface area contributed by atoms with Crippen LogP contribution in [0.25, 0.3) is 10.9 Å². The predicted octanol–water partition coefficient (Wildman–Crippen LogP) is 3.32. The second kappa shape index (κ2) is 7.21. The highest BCUT2D eigenvalue weighted by Gasteiger charge is 2.26. The number of benzene rings is 2. The molecule has 0 spiro atoms. The van der Waals surface area contributed by atoms with Crippen LogP contribution >= 0.6 is 0 Å². The fraction of sp³-hybridized carbons (Fsp3) is 0.200. The van der Waals surface area contributed by atoms with Crippen LogP contribution in [0.1, 0.15) is 30.4 Å². The molecule has 3 aromatic rings. The van der Waals surface area contributed by atoms with Crippen molar-refractivity contribution in [2.45, 2.75) is 19.3 Å². The Balaban J connectivity index is 2.17. The van der Waals surface area contributed by atoms with Gasteiger partial charge in [0.25, 0.3) is 5.56 Å². The van der Waals surface area contributed by atoms with Crippen molar-refractivity contribution < 1.29 is 14.6 Å². The third-order valence-corrected chi connectivity index (χ3v) is 4.16. The fourth-order valence-electron chi connectivity index (χ4n) is 3.02. The molecule has 5 heteroatoms. The van der Waals surface area contributed by atoms with Gasteiger partial charge in [-0.05, 0) is 24.6 Å². The first-order valence-corrected chi connectivity index (χ1v) is 8.16. The summed E-state index contributed by atoms with van der Waals surface area (Å²) in [5.41, 5.74) is 1.09. The minimum atomic E-state index is -0.589. The van der Waals surface area contributed by atoms with Crippen LogP contribution in [0.4, 0.5) is 0 Å². The Bertz CT molecular complexity index is 947. The van der Waals surface area contributed by atoms with Crippen molar-refractivity contribution in [3.8, 4) is 5.75 Å². The van der Waals surface area contributed by atoms with E-state index in [2.05, 4.69) is 4.98 Å². The minimum Gasteiger partial charge on any atom is -0.507 e. The zero-order chi connectivity index (χ0) is 17.8. The van der Waals surface area contributed by atoms with Crippen LogP contribution in [0.15, 0.2) is 59.4 Å². The summed E-state index contributed by atoms with van der Waals surface area (Å²) in [6.07, 6.45) is -0.0210. The van der Waals surface area contributed by atoms with Crippen LogP contribution in [0.5, 0.6) is 5.75 Å². The zero-order valence-electron chi connectivity index (χ0n) is 13.9. The smallest absolute Gasteiger partial charge is 0.306 e. The maximum Gasteiger partial charge on any atom is 0.306 e. The quantitative estimate of drug-likeness (QED) is 0.700. The number of carbonyl (C=O) groups excluding carboxylic acids is 1. The van der Waals surface area contributed by atoms with Crippen LogP contribution in [0.2, 0.25) is 0 Å². The summed E-state index contributed by atoms with van der Waals surface area (Å²) in [4.78, 5) is 27.5. The van der Waals surface area contributed by atoms with Gasteiger partial charge in [-0.15, -0.1) is 0 Å². The number of nitrogens with one attached hydrogen (secondary N) is 1. The van der Waals surface area contributed by atoms with E-state index in [1.165, 1.54) is 0 Å². The Kier molecular flexibility index (Phi) is 4.84. The lowest BCUT2D eigenvalue weighted by molar-refractivity contribution is -0.143. The summed E-state index contributed by atoms with van der Waals surface area (Å²) in [6, 6.07) is 16.2. The largest absolute Gasteiger partial charge is 0.507 e. The molecule has 0 saturated carbocycles.